The van der Waals surface area contributed by atoms with Crippen LogP contribution in [0.5, 0.6) is 5.75 Å². The summed E-state index contributed by atoms with van der Waals surface area (Å²) in [6.45, 7) is -0.289. The molecule has 0 saturated carbocycles. The Kier molecular flexibility index (Phi) is 5.83. The minimum Gasteiger partial charge on any atom is -0.480 e. The first-order chi connectivity index (χ1) is 12.9. The Morgan fingerprint density at radius 3 is 2.59 bits per heavy atom. The number of halogens is 1. The molecule has 2 aromatic carbocycles. The number of hydrogen-bond donors (Lipinski definition) is 1. The molecule has 0 radical (unpaired) electrons. The van der Waals surface area contributed by atoms with Crippen LogP contribution in [0.2, 0.25) is 5.02 Å². The van der Waals surface area contributed by atoms with Crippen LogP contribution in [0.15, 0.2) is 53.4 Å². The van der Waals surface area contributed by atoms with Gasteiger partial charge in [0.1, 0.15) is 5.75 Å². The van der Waals surface area contributed by atoms with E-state index in [1.807, 2.05) is 30.3 Å². The van der Waals surface area contributed by atoms with E-state index in [0.717, 1.165) is 17.3 Å². The zero-order valence-electron chi connectivity index (χ0n) is 13.9. The SMILES string of the molecule is O=C(O)COc1ccc(/C=C2\SC(=O)N(Cc3ccccc3)C2=O)cc1Cl. The first-order valence-electron chi connectivity index (χ1n) is 7.87. The number of ether oxygens (including phenoxy) is 1. The third kappa shape index (κ3) is 4.69. The van der Waals surface area contributed by atoms with Crippen molar-refractivity contribution in [2.45, 2.75) is 6.54 Å². The number of amides is 2. The Balaban J connectivity index is 1.75. The predicted molar refractivity (Wildman–Crippen MR) is 103 cm³/mol. The zero-order chi connectivity index (χ0) is 19.4. The van der Waals surface area contributed by atoms with Gasteiger partial charge in [-0.3, -0.25) is 14.5 Å². The van der Waals surface area contributed by atoms with Crippen molar-refractivity contribution in [1.82, 2.24) is 4.90 Å². The molecule has 1 N–H and O–H groups in total. The molecule has 1 saturated heterocycles. The van der Waals surface area contributed by atoms with Gasteiger partial charge in [-0.1, -0.05) is 48.0 Å². The summed E-state index contributed by atoms with van der Waals surface area (Å²) < 4.78 is 5.06. The van der Waals surface area contributed by atoms with E-state index >= 15 is 0 Å². The average molecular weight is 404 g/mol. The smallest absolute Gasteiger partial charge is 0.341 e. The van der Waals surface area contributed by atoms with Crippen molar-refractivity contribution in [1.29, 1.82) is 0 Å². The quantitative estimate of drug-likeness (QED) is 0.733. The van der Waals surface area contributed by atoms with Crippen LogP contribution in [0.4, 0.5) is 4.79 Å². The van der Waals surface area contributed by atoms with Crippen LogP contribution in [0.3, 0.4) is 0 Å². The monoisotopic (exact) mass is 403 g/mol. The maximum Gasteiger partial charge on any atom is 0.341 e. The van der Waals surface area contributed by atoms with Gasteiger partial charge in [-0.15, -0.1) is 0 Å². The lowest BCUT2D eigenvalue weighted by atomic mass is 10.2. The summed E-state index contributed by atoms with van der Waals surface area (Å²) in [6, 6.07) is 14.0. The van der Waals surface area contributed by atoms with E-state index in [1.54, 1.807) is 18.2 Å². The number of nitrogens with zero attached hydrogens (tertiary/aromatic N) is 1. The van der Waals surface area contributed by atoms with Gasteiger partial charge in [-0.2, -0.15) is 0 Å². The molecule has 3 rings (SSSR count). The van der Waals surface area contributed by atoms with Gasteiger partial charge in [0.25, 0.3) is 11.1 Å². The average Bonchev–Trinajstić information content (AvgIpc) is 2.89. The number of benzene rings is 2. The molecule has 0 unspecified atom stereocenters. The second kappa shape index (κ2) is 8.28. The summed E-state index contributed by atoms with van der Waals surface area (Å²) >= 11 is 6.95. The van der Waals surface area contributed by atoms with Crippen LogP contribution < -0.4 is 4.74 Å². The van der Waals surface area contributed by atoms with E-state index in [-0.39, 0.29) is 28.5 Å². The molecule has 0 bridgehead atoms. The van der Waals surface area contributed by atoms with Crippen molar-refractivity contribution in [2.75, 3.05) is 6.61 Å². The molecule has 27 heavy (non-hydrogen) atoms. The summed E-state index contributed by atoms with van der Waals surface area (Å²) in [4.78, 5) is 36.8. The molecular weight excluding hydrogens is 390 g/mol. The number of thioether (sulfide) groups is 1. The lowest BCUT2D eigenvalue weighted by molar-refractivity contribution is -0.139. The van der Waals surface area contributed by atoms with Crippen LogP contribution in [-0.2, 0) is 16.1 Å². The Hall–Kier alpha value is -2.77. The van der Waals surface area contributed by atoms with Crippen molar-refractivity contribution < 1.29 is 24.2 Å². The summed E-state index contributed by atoms with van der Waals surface area (Å²) in [6.07, 6.45) is 1.57. The van der Waals surface area contributed by atoms with E-state index in [0.29, 0.717) is 10.5 Å². The van der Waals surface area contributed by atoms with Gasteiger partial charge in [0, 0.05) is 0 Å². The molecule has 1 aliphatic heterocycles. The van der Waals surface area contributed by atoms with E-state index in [9.17, 15) is 14.4 Å². The molecule has 0 spiro atoms. The Labute approximate surface area is 164 Å². The molecule has 6 nitrogen and oxygen atoms in total. The fraction of sp³-hybridized carbons (Fsp3) is 0.105. The minimum absolute atomic E-state index is 0.214. The van der Waals surface area contributed by atoms with Gasteiger partial charge in [-0.05, 0) is 41.1 Å². The van der Waals surface area contributed by atoms with Crippen LogP contribution in [0.25, 0.3) is 6.08 Å². The van der Waals surface area contributed by atoms with E-state index in [1.165, 1.54) is 11.0 Å². The lowest BCUT2D eigenvalue weighted by Gasteiger charge is -2.12. The first kappa shape index (κ1) is 19.0. The molecule has 0 aromatic heterocycles. The van der Waals surface area contributed by atoms with E-state index in [4.69, 9.17) is 21.4 Å². The van der Waals surface area contributed by atoms with Gasteiger partial charge in [-0.25, -0.2) is 4.79 Å². The molecule has 1 fully saturated rings. The fourth-order valence-corrected chi connectivity index (χ4v) is 3.50. The van der Waals surface area contributed by atoms with Crippen LogP contribution in [-0.4, -0.2) is 33.7 Å². The number of carbonyl (C=O) groups excluding carboxylic acids is 2. The van der Waals surface area contributed by atoms with Crippen LogP contribution in [0, 0.1) is 0 Å². The van der Waals surface area contributed by atoms with Crippen LogP contribution in [0.1, 0.15) is 11.1 Å². The van der Waals surface area contributed by atoms with Gasteiger partial charge in [0.2, 0.25) is 0 Å². The lowest BCUT2D eigenvalue weighted by Crippen LogP contribution is -2.27. The Morgan fingerprint density at radius 1 is 1.19 bits per heavy atom. The zero-order valence-corrected chi connectivity index (χ0v) is 15.5. The fourth-order valence-electron chi connectivity index (χ4n) is 2.42. The second-order valence-electron chi connectivity index (χ2n) is 5.63. The van der Waals surface area contributed by atoms with Crippen molar-refractivity contribution in [3.05, 3.63) is 69.6 Å². The van der Waals surface area contributed by atoms with Crippen molar-refractivity contribution >= 4 is 46.6 Å². The minimum atomic E-state index is -1.11. The molecule has 1 aliphatic rings. The molecule has 8 heteroatoms. The third-order valence-electron chi connectivity index (χ3n) is 3.66. The second-order valence-corrected chi connectivity index (χ2v) is 7.03. The number of carboxylic acid groups (broad SMARTS) is 1. The van der Waals surface area contributed by atoms with Gasteiger partial charge in [0.15, 0.2) is 6.61 Å². The number of aliphatic carboxylic acids is 1. The topological polar surface area (TPSA) is 83.9 Å². The number of carbonyl (C=O) groups is 3. The highest BCUT2D eigenvalue weighted by molar-refractivity contribution is 8.18. The number of carboxylic acids is 1. The summed E-state index contributed by atoms with van der Waals surface area (Å²) in [7, 11) is 0. The molecule has 2 amide bonds. The largest absolute Gasteiger partial charge is 0.480 e. The van der Waals surface area contributed by atoms with E-state index in [2.05, 4.69) is 0 Å². The molecule has 2 aromatic rings. The predicted octanol–water partition coefficient (Wildman–Crippen LogP) is 4.04. The summed E-state index contributed by atoms with van der Waals surface area (Å²) in [5.41, 5.74) is 1.47. The molecule has 1 heterocycles. The van der Waals surface area contributed by atoms with Gasteiger partial charge in [0.05, 0.1) is 16.5 Å². The number of hydrogen-bond acceptors (Lipinski definition) is 5. The molecule has 0 atom stereocenters. The standard InChI is InChI=1S/C19H14ClNO5S/c20-14-8-13(6-7-15(14)26-11-17(22)23)9-16-18(24)21(19(25)27-16)10-12-4-2-1-3-5-12/h1-9H,10-11H2,(H,22,23)/b16-9-. The number of rotatable bonds is 6. The number of imide groups is 1. The molecular formula is C19H14ClNO5S. The highest BCUT2D eigenvalue weighted by Gasteiger charge is 2.34. The molecule has 138 valence electrons. The van der Waals surface area contributed by atoms with Gasteiger partial charge >= 0.3 is 5.97 Å². The van der Waals surface area contributed by atoms with Crippen LogP contribution >= 0.6 is 23.4 Å². The normalized spacial score (nSPS) is 15.4. The third-order valence-corrected chi connectivity index (χ3v) is 4.86. The maximum atomic E-state index is 12.5. The first-order valence-corrected chi connectivity index (χ1v) is 9.07. The summed E-state index contributed by atoms with van der Waals surface area (Å²) in [5, 5.41) is 8.53. The van der Waals surface area contributed by atoms with E-state index < -0.39 is 12.6 Å². The van der Waals surface area contributed by atoms with Gasteiger partial charge < -0.3 is 9.84 Å². The van der Waals surface area contributed by atoms with Crippen molar-refractivity contribution in [3.8, 4) is 5.75 Å². The highest BCUT2D eigenvalue weighted by Crippen LogP contribution is 2.34. The van der Waals surface area contributed by atoms with Crippen molar-refractivity contribution in [3.63, 3.8) is 0 Å². The molecule has 0 aliphatic carbocycles. The van der Waals surface area contributed by atoms with Crippen molar-refractivity contribution in [2.24, 2.45) is 0 Å². The maximum absolute atomic E-state index is 12.5. The Bertz CT molecular complexity index is 929. The summed E-state index contributed by atoms with van der Waals surface area (Å²) in [5.74, 6) is -1.24. The Morgan fingerprint density at radius 2 is 1.93 bits per heavy atom. The highest BCUT2D eigenvalue weighted by atomic mass is 35.5.